The summed E-state index contributed by atoms with van der Waals surface area (Å²) in [5.41, 5.74) is 0.669. The Morgan fingerprint density at radius 3 is 2.22 bits per heavy atom. The molecule has 0 aliphatic heterocycles. The molecule has 0 saturated carbocycles. The molecule has 1 rings (SSSR count). The van der Waals surface area contributed by atoms with E-state index in [0.717, 1.165) is 25.9 Å². The minimum absolute atomic E-state index is 0.107. The molecule has 0 spiro atoms. The SMILES string of the molecule is CCCCCN(CCCCC)C(=O)c1cn[nH]c1. The first-order valence-electron chi connectivity index (χ1n) is 7.07. The van der Waals surface area contributed by atoms with Crippen molar-refractivity contribution in [3.05, 3.63) is 18.0 Å². The van der Waals surface area contributed by atoms with Crippen LogP contribution >= 0.6 is 0 Å². The van der Waals surface area contributed by atoms with E-state index in [9.17, 15) is 4.79 Å². The molecule has 18 heavy (non-hydrogen) atoms. The highest BCUT2D eigenvalue weighted by atomic mass is 16.2. The maximum absolute atomic E-state index is 12.3. The highest BCUT2D eigenvalue weighted by Gasteiger charge is 2.15. The predicted octanol–water partition coefficient (Wildman–Crippen LogP) is 3.23. The van der Waals surface area contributed by atoms with E-state index in [4.69, 9.17) is 0 Å². The number of hydrogen-bond acceptors (Lipinski definition) is 2. The fourth-order valence-corrected chi connectivity index (χ4v) is 1.97. The van der Waals surface area contributed by atoms with Gasteiger partial charge < -0.3 is 4.90 Å². The topological polar surface area (TPSA) is 49.0 Å². The number of aromatic amines is 1. The van der Waals surface area contributed by atoms with E-state index in [1.54, 1.807) is 12.4 Å². The van der Waals surface area contributed by atoms with Crippen molar-refractivity contribution in [1.29, 1.82) is 0 Å². The van der Waals surface area contributed by atoms with Crippen molar-refractivity contribution in [3.8, 4) is 0 Å². The summed E-state index contributed by atoms with van der Waals surface area (Å²) >= 11 is 0. The maximum atomic E-state index is 12.3. The first kappa shape index (κ1) is 14.7. The lowest BCUT2D eigenvalue weighted by molar-refractivity contribution is 0.0749. The van der Waals surface area contributed by atoms with Crippen molar-refractivity contribution < 1.29 is 4.79 Å². The number of rotatable bonds is 9. The molecule has 1 heterocycles. The molecular weight excluding hydrogens is 226 g/mol. The van der Waals surface area contributed by atoms with Crippen LogP contribution in [0.4, 0.5) is 0 Å². The summed E-state index contributed by atoms with van der Waals surface area (Å²) in [6.45, 7) is 6.09. The van der Waals surface area contributed by atoms with Gasteiger partial charge in [-0.15, -0.1) is 0 Å². The molecule has 1 amide bonds. The third-order valence-electron chi connectivity index (χ3n) is 3.10. The van der Waals surface area contributed by atoms with Gasteiger partial charge in [-0.1, -0.05) is 39.5 Å². The predicted molar refractivity (Wildman–Crippen MR) is 73.5 cm³/mol. The third kappa shape index (κ3) is 4.90. The maximum Gasteiger partial charge on any atom is 0.257 e. The van der Waals surface area contributed by atoms with Crippen LogP contribution in [0.1, 0.15) is 62.7 Å². The Kier molecular flexibility index (Phi) is 7.14. The van der Waals surface area contributed by atoms with Gasteiger partial charge in [0.05, 0.1) is 11.8 Å². The van der Waals surface area contributed by atoms with E-state index in [1.807, 2.05) is 4.90 Å². The first-order valence-corrected chi connectivity index (χ1v) is 7.07. The van der Waals surface area contributed by atoms with Crippen LogP contribution in [-0.2, 0) is 0 Å². The van der Waals surface area contributed by atoms with Gasteiger partial charge in [-0.25, -0.2) is 0 Å². The van der Waals surface area contributed by atoms with Crippen LogP contribution in [0.15, 0.2) is 12.4 Å². The number of aromatic nitrogens is 2. The highest BCUT2D eigenvalue weighted by Crippen LogP contribution is 2.08. The smallest absolute Gasteiger partial charge is 0.257 e. The van der Waals surface area contributed by atoms with E-state index >= 15 is 0 Å². The molecule has 1 N–H and O–H groups in total. The van der Waals surface area contributed by atoms with Crippen molar-refractivity contribution in [2.75, 3.05) is 13.1 Å². The number of nitrogens with zero attached hydrogens (tertiary/aromatic N) is 2. The number of carbonyl (C=O) groups is 1. The van der Waals surface area contributed by atoms with Gasteiger partial charge in [-0.05, 0) is 12.8 Å². The lowest BCUT2D eigenvalue weighted by atomic mass is 10.2. The van der Waals surface area contributed by atoms with Crippen LogP contribution in [0.25, 0.3) is 0 Å². The van der Waals surface area contributed by atoms with Crippen LogP contribution in [0, 0.1) is 0 Å². The van der Waals surface area contributed by atoms with Gasteiger partial charge in [-0.3, -0.25) is 9.89 Å². The molecule has 0 unspecified atom stereocenters. The zero-order valence-corrected chi connectivity index (χ0v) is 11.6. The summed E-state index contributed by atoms with van der Waals surface area (Å²) in [4.78, 5) is 14.2. The van der Waals surface area contributed by atoms with Crippen LogP contribution in [0.5, 0.6) is 0 Å². The van der Waals surface area contributed by atoms with E-state index in [-0.39, 0.29) is 5.91 Å². The second kappa shape index (κ2) is 8.72. The Labute approximate surface area is 110 Å². The highest BCUT2D eigenvalue weighted by molar-refractivity contribution is 5.93. The zero-order valence-electron chi connectivity index (χ0n) is 11.6. The average Bonchev–Trinajstić information content (AvgIpc) is 2.90. The van der Waals surface area contributed by atoms with Crippen LogP contribution in [0.3, 0.4) is 0 Å². The molecule has 0 bridgehead atoms. The number of unbranched alkanes of at least 4 members (excludes halogenated alkanes) is 4. The fraction of sp³-hybridized carbons (Fsp3) is 0.714. The Bertz CT molecular complexity index is 312. The Morgan fingerprint density at radius 1 is 1.17 bits per heavy atom. The van der Waals surface area contributed by atoms with Gasteiger partial charge in [-0.2, -0.15) is 5.10 Å². The third-order valence-corrected chi connectivity index (χ3v) is 3.10. The Balaban J connectivity index is 2.49. The van der Waals surface area contributed by atoms with Crippen LogP contribution < -0.4 is 0 Å². The Morgan fingerprint density at radius 2 is 1.78 bits per heavy atom. The minimum Gasteiger partial charge on any atom is -0.339 e. The molecule has 4 heteroatoms. The van der Waals surface area contributed by atoms with E-state index in [0.29, 0.717) is 5.56 Å². The van der Waals surface area contributed by atoms with E-state index < -0.39 is 0 Å². The molecule has 0 aliphatic carbocycles. The summed E-state index contributed by atoms with van der Waals surface area (Å²) in [7, 11) is 0. The van der Waals surface area contributed by atoms with Gasteiger partial charge in [0.25, 0.3) is 5.91 Å². The van der Waals surface area contributed by atoms with Crippen LogP contribution in [-0.4, -0.2) is 34.1 Å². The second-order valence-electron chi connectivity index (χ2n) is 4.69. The molecular formula is C14H25N3O. The number of nitrogens with one attached hydrogen (secondary N) is 1. The van der Waals surface area contributed by atoms with E-state index in [1.165, 1.54) is 25.7 Å². The summed E-state index contributed by atoms with van der Waals surface area (Å²) in [6, 6.07) is 0. The standard InChI is InChI=1S/C14H25N3O/c1-3-5-7-9-17(10-8-6-4-2)14(18)13-11-15-16-12-13/h11-12H,3-10H2,1-2H3,(H,15,16). The Hall–Kier alpha value is -1.32. The number of carbonyl (C=O) groups excluding carboxylic acids is 1. The van der Waals surface area contributed by atoms with Gasteiger partial charge in [0, 0.05) is 19.3 Å². The normalized spacial score (nSPS) is 10.6. The largest absolute Gasteiger partial charge is 0.339 e. The number of amides is 1. The fourth-order valence-electron chi connectivity index (χ4n) is 1.97. The molecule has 0 fully saturated rings. The van der Waals surface area contributed by atoms with Crippen molar-refractivity contribution in [2.45, 2.75) is 52.4 Å². The molecule has 0 saturated heterocycles. The molecule has 0 atom stereocenters. The second-order valence-corrected chi connectivity index (χ2v) is 4.69. The number of hydrogen-bond donors (Lipinski definition) is 1. The van der Waals surface area contributed by atoms with Gasteiger partial charge in [0.1, 0.15) is 0 Å². The van der Waals surface area contributed by atoms with Gasteiger partial charge >= 0.3 is 0 Å². The summed E-state index contributed by atoms with van der Waals surface area (Å²) in [5.74, 6) is 0.107. The van der Waals surface area contributed by atoms with E-state index in [2.05, 4.69) is 24.0 Å². The zero-order chi connectivity index (χ0) is 13.2. The van der Waals surface area contributed by atoms with Crippen molar-refractivity contribution in [2.24, 2.45) is 0 Å². The van der Waals surface area contributed by atoms with Crippen molar-refractivity contribution in [3.63, 3.8) is 0 Å². The minimum atomic E-state index is 0.107. The lowest BCUT2D eigenvalue weighted by Crippen LogP contribution is -2.32. The molecule has 0 aromatic carbocycles. The van der Waals surface area contributed by atoms with Crippen molar-refractivity contribution >= 4 is 5.91 Å². The number of H-pyrrole nitrogens is 1. The monoisotopic (exact) mass is 251 g/mol. The molecule has 0 aliphatic rings. The summed E-state index contributed by atoms with van der Waals surface area (Å²) < 4.78 is 0. The first-order chi connectivity index (χ1) is 8.79. The summed E-state index contributed by atoms with van der Waals surface area (Å²) in [5, 5.41) is 6.55. The molecule has 0 radical (unpaired) electrons. The average molecular weight is 251 g/mol. The molecule has 1 aromatic heterocycles. The molecule has 102 valence electrons. The molecule has 1 aromatic rings. The van der Waals surface area contributed by atoms with Gasteiger partial charge in [0.2, 0.25) is 0 Å². The van der Waals surface area contributed by atoms with Crippen molar-refractivity contribution in [1.82, 2.24) is 15.1 Å². The lowest BCUT2D eigenvalue weighted by Gasteiger charge is -2.22. The summed E-state index contributed by atoms with van der Waals surface area (Å²) in [6.07, 6.45) is 10.2. The quantitative estimate of drug-likeness (QED) is 0.685. The van der Waals surface area contributed by atoms with Gasteiger partial charge in [0.15, 0.2) is 0 Å². The van der Waals surface area contributed by atoms with Crippen LogP contribution in [0.2, 0.25) is 0 Å². The molecule has 4 nitrogen and oxygen atoms in total.